The summed E-state index contributed by atoms with van der Waals surface area (Å²) < 4.78 is 44.0. The van der Waals surface area contributed by atoms with Gasteiger partial charge in [0.25, 0.3) is 0 Å². The van der Waals surface area contributed by atoms with E-state index in [4.69, 9.17) is 25.8 Å². The van der Waals surface area contributed by atoms with E-state index in [0.717, 1.165) is 11.3 Å². The number of amides is 1. The van der Waals surface area contributed by atoms with Crippen molar-refractivity contribution in [1.29, 1.82) is 0 Å². The normalized spacial score (nSPS) is 19.1. The van der Waals surface area contributed by atoms with Crippen molar-refractivity contribution in [2.75, 3.05) is 47.0 Å². The van der Waals surface area contributed by atoms with Crippen molar-refractivity contribution in [3.05, 3.63) is 47.0 Å². The zero-order valence-electron chi connectivity index (χ0n) is 17.9. The number of fused-ring (bicyclic) bond motifs is 1. The Morgan fingerprint density at radius 3 is 2.50 bits per heavy atom. The molecule has 1 fully saturated rings. The number of ether oxygens (including phenoxy) is 3. The van der Waals surface area contributed by atoms with Crippen molar-refractivity contribution in [2.45, 2.75) is 11.3 Å². The largest absolute Gasteiger partial charge is 0.497 e. The van der Waals surface area contributed by atoms with Gasteiger partial charge in [-0.25, -0.2) is 8.42 Å². The van der Waals surface area contributed by atoms with Crippen LogP contribution < -0.4 is 14.2 Å². The quantitative estimate of drug-likeness (QED) is 0.653. The molecule has 2 heterocycles. The summed E-state index contributed by atoms with van der Waals surface area (Å²) in [7, 11) is -0.903. The highest BCUT2D eigenvalue weighted by Crippen LogP contribution is 2.32. The van der Waals surface area contributed by atoms with Crippen LogP contribution in [0.2, 0.25) is 5.02 Å². The Labute approximate surface area is 192 Å². The van der Waals surface area contributed by atoms with E-state index in [1.54, 1.807) is 23.1 Å². The summed E-state index contributed by atoms with van der Waals surface area (Å²) in [5.41, 5.74) is 0.911. The van der Waals surface area contributed by atoms with Crippen LogP contribution in [0.1, 0.15) is 5.56 Å². The molecule has 172 valence electrons. The zero-order valence-corrected chi connectivity index (χ0v) is 19.5. The monoisotopic (exact) mass is 480 g/mol. The number of carbonyl (C=O) groups excluding carboxylic acids is 1. The molecule has 4 rings (SSSR count). The van der Waals surface area contributed by atoms with Crippen molar-refractivity contribution in [2.24, 2.45) is 5.92 Å². The van der Waals surface area contributed by atoms with Gasteiger partial charge in [-0.05, 0) is 42.3 Å². The number of halogens is 1. The summed E-state index contributed by atoms with van der Waals surface area (Å²) in [6.45, 7) is 1.31. The van der Waals surface area contributed by atoms with Gasteiger partial charge in [0.2, 0.25) is 15.9 Å². The van der Waals surface area contributed by atoms with Gasteiger partial charge >= 0.3 is 0 Å². The van der Waals surface area contributed by atoms with Crippen LogP contribution in [0.15, 0.2) is 41.3 Å². The summed E-state index contributed by atoms with van der Waals surface area (Å²) in [6.07, 6.45) is 0.550. The van der Waals surface area contributed by atoms with Gasteiger partial charge in [0, 0.05) is 37.3 Å². The summed E-state index contributed by atoms with van der Waals surface area (Å²) in [5, 5.41) is 0.604. The predicted molar refractivity (Wildman–Crippen MR) is 119 cm³/mol. The van der Waals surface area contributed by atoms with Crippen LogP contribution in [-0.2, 0) is 21.2 Å². The molecule has 1 atom stereocenters. The van der Waals surface area contributed by atoms with E-state index in [0.29, 0.717) is 36.9 Å². The third kappa shape index (κ3) is 4.37. The van der Waals surface area contributed by atoms with Crippen molar-refractivity contribution in [3.63, 3.8) is 0 Å². The third-order valence-corrected chi connectivity index (χ3v) is 7.97. The number of hydrogen-bond donors (Lipinski definition) is 0. The molecule has 0 bridgehead atoms. The molecule has 0 aromatic heterocycles. The molecule has 8 nitrogen and oxygen atoms in total. The van der Waals surface area contributed by atoms with Crippen LogP contribution in [0, 0.1) is 5.92 Å². The Morgan fingerprint density at radius 2 is 1.81 bits per heavy atom. The van der Waals surface area contributed by atoms with Gasteiger partial charge in [-0.2, -0.15) is 4.31 Å². The first kappa shape index (κ1) is 22.7. The van der Waals surface area contributed by atoms with Crippen molar-refractivity contribution >= 4 is 27.5 Å². The molecule has 1 saturated heterocycles. The van der Waals surface area contributed by atoms with E-state index in [1.165, 1.54) is 24.6 Å². The number of hydrogen-bond acceptors (Lipinski definition) is 6. The molecule has 10 heteroatoms. The molecule has 1 amide bonds. The van der Waals surface area contributed by atoms with E-state index in [1.807, 2.05) is 12.1 Å². The zero-order chi connectivity index (χ0) is 22.9. The lowest BCUT2D eigenvalue weighted by molar-refractivity contribution is -0.138. The molecule has 1 unspecified atom stereocenters. The lowest BCUT2D eigenvalue weighted by atomic mass is 9.95. The van der Waals surface area contributed by atoms with Crippen LogP contribution in [0.4, 0.5) is 0 Å². The minimum absolute atomic E-state index is 0.0355. The van der Waals surface area contributed by atoms with Gasteiger partial charge in [-0.15, -0.1) is 0 Å². The fraction of sp³-hybridized carbons (Fsp3) is 0.409. The minimum Gasteiger partial charge on any atom is -0.497 e. The van der Waals surface area contributed by atoms with Crippen LogP contribution in [0.25, 0.3) is 0 Å². The molecule has 0 spiro atoms. The maximum atomic E-state index is 13.2. The lowest BCUT2D eigenvalue weighted by Gasteiger charge is -2.36. The molecule has 0 N–H and O–H groups in total. The highest BCUT2D eigenvalue weighted by molar-refractivity contribution is 7.89. The van der Waals surface area contributed by atoms with Gasteiger partial charge in [0.05, 0.1) is 20.1 Å². The van der Waals surface area contributed by atoms with E-state index < -0.39 is 10.0 Å². The third-order valence-electron chi connectivity index (χ3n) is 5.82. The maximum Gasteiger partial charge on any atom is 0.247 e. The maximum absolute atomic E-state index is 13.2. The molecule has 2 aromatic rings. The SMILES string of the molecule is COc1ccc(OC)c(S(=O)(=O)N2CCN(C(=O)C3COc4ccc(Cl)cc4C3)CC2)c1. The van der Waals surface area contributed by atoms with Crippen molar-refractivity contribution in [3.8, 4) is 17.2 Å². The van der Waals surface area contributed by atoms with E-state index in [-0.39, 0.29) is 35.6 Å². The molecule has 2 aliphatic rings. The Kier molecular flexibility index (Phi) is 6.50. The predicted octanol–water partition coefficient (Wildman–Crippen LogP) is 2.44. The van der Waals surface area contributed by atoms with Crippen LogP contribution in [0.5, 0.6) is 17.2 Å². The summed E-state index contributed by atoms with van der Waals surface area (Å²) in [4.78, 5) is 14.8. The average molecular weight is 481 g/mol. The van der Waals surface area contributed by atoms with Crippen LogP contribution in [0.3, 0.4) is 0 Å². The number of rotatable bonds is 5. The molecule has 0 aliphatic carbocycles. The van der Waals surface area contributed by atoms with Gasteiger partial charge < -0.3 is 19.1 Å². The molecular formula is C22H25ClN2O6S. The standard InChI is InChI=1S/C22H25ClN2O6S/c1-29-18-4-6-20(30-2)21(13-18)32(27,28)25-9-7-24(8-10-25)22(26)16-11-15-12-17(23)3-5-19(15)31-14-16/h3-6,12-13,16H,7-11,14H2,1-2H3. The number of methoxy groups -OCH3 is 2. The summed E-state index contributed by atoms with van der Waals surface area (Å²) in [6, 6.07) is 10.1. The first-order valence-corrected chi connectivity index (χ1v) is 12.1. The van der Waals surface area contributed by atoms with Crippen molar-refractivity contribution < 1.29 is 27.4 Å². The second kappa shape index (κ2) is 9.17. The summed E-state index contributed by atoms with van der Waals surface area (Å²) >= 11 is 6.07. The molecule has 0 radical (unpaired) electrons. The Morgan fingerprint density at radius 1 is 1.06 bits per heavy atom. The minimum atomic E-state index is -3.81. The Bertz CT molecular complexity index is 1120. The Balaban J connectivity index is 1.43. The summed E-state index contributed by atoms with van der Waals surface area (Å²) in [5.74, 6) is 1.08. The highest BCUT2D eigenvalue weighted by Gasteiger charge is 2.35. The molecule has 2 aliphatic heterocycles. The molecule has 32 heavy (non-hydrogen) atoms. The smallest absolute Gasteiger partial charge is 0.247 e. The van der Waals surface area contributed by atoms with Crippen LogP contribution in [-0.4, -0.2) is 70.5 Å². The fourth-order valence-corrected chi connectivity index (χ4v) is 5.84. The number of nitrogens with zero attached hydrogens (tertiary/aromatic N) is 2. The number of piperazine rings is 1. The van der Waals surface area contributed by atoms with Crippen LogP contribution >= 0.6 is 11.6 Å². The number of benzene rings is 2. The topological polar surface area (TPSA) is 85.4 Å². The fourth-order valence-electron chi connectivity index (χ4n) is 4.05. The second-order valence-corrected chi connectivity index (χ2v) is 10.1. The first-order valence-electron chi connectivity index (χ1n) is 10.3. The number of carbonyl (C=O) groups is 1. The van der Waals surface area contributed by atoms with Gasteiger partial charge in [0.15, 0.2) is 0 Å². The number of sulfonamides is 1. The average Bonchev–Trinajstić information content (AvgIpc) is 2.82. The van der Waals surface area contributed by atoms with Gasteiger partial charge in [-0.1, -0.05) is 11.6 Å². The lowest BCUT2D eigenvalue weighted by Crippen LogP contribution is -2.52. The van der Waals surface area contributed by atoms with E-state index in [9.17, 15) is 13.2 Å². The van der Waals surface area contributed by atoms with Gasteiger partial charge in [0.1, 0.15) is 28.8 Å². The van der Waals surface area contributed by atoms with Crippen molar-refractivity contribution in [1.82, 2.24) is 9.21 Å². The molecular weight excluding hydrogens is 456 g/mol. The van der Waals surface area contributed by atoms with E-state index in [2.05, 4.69) is 0 Å². The Hall–Kier alpha value is -2.49. The highest BCUT2D eigenvalue weighted by atomic mass is 35.5. The molecule has 0 saturated carbocycles. The van der Waals surface area contributed by atoms with Gasteiger partial charge in [-0.3, -0.25) is 4.79 Å². The van der Waals surface area contributed by atoms with E-state index >= 15 is 0 Å². The first-order chi connectivity index (χ1) is 15.3. The second-order valence-electron chi connectivity index (χ2n) is 7.71. The molecule has 2 aromatic carbocycles.